The minimum Gasteiger partial charge on any atom is -0.396 e. The van der Waals surface area contributed by atoms with Crippen molar-refractivity contribution in [3.63, 3.8) is 0 Å². The first-order valence-electron chi connectivity index (χ1n) is 7.97. The van der Waals surface area contributed by atoms with Crippen LogP contribution in [0.15, 0.2) is 29.2 Å². The standard InChI is InChI=1S/C17H27NO3S/c1-15-6-3-7-16(12-15)22(20,21)11-5-10-18-9-4-8-17(2,13-18)14-19/h3,6-7,12,19H,4-5,8-11,13-14H2,1-2H3. The van der Waals surface area contributed by atoms with E-state index in [4.69, 9.17) is 0 Å². The van der Waals surface area contributed by atoms with Crippen molar-refractivity contribution in [3.8, 4) is 0 Å². The van der Waals surface area contributed by atoms with Crippen molar-refractivity contribution >= 4 is 9.84 Å². The number of benzene rings is 1. The Bertz CT molecular complexity index is 600. The normalized spacial score (nSPS) is 23.6. The van der Waals surface area contributed by atoms with Crippen LogP contribution in [0.3, 0.4) is 0 Å². The van der Waals surface area contributed by atoms with E-state index in [1.165, 1.54) is 0 Å². The van der Waals surface area contributed by atoms with Gasteiger partial charge in [-0.3, -0.25) is 0 Å². The second-order valence-corrected chi connectivity index (χ2v) is 8.95. The lowest BCUT2D eigenvalue weighted by Crippen LogP contribution is -2.44. The minimum absolute atomic E-state index is 0.0341. The zero-order valence-electron chi connectivity index (χ0n) is 13.6. The highest BCUT2D eigenvalue weighted by molar-refractivity contribution is 7.91. The SMILES string of the molecule is Cc1cccc(S(=O)(=O)CCCN2CCCC(C)(CO)C2)c1. The number of nitrogens with zero attached hydrogens (tertiary/aromatic N) is 1. The average molecular weight is 325 g/mol. The molecule has 124 valence electrons. The second kappa shape index (κ2) is 7.11. The molecule has 0 aliphatic carbocycles. The van der Waals surface area contributed by atoms with Crippen molar-refractivity contribution in [3.05, 3.63) is 29.8 Å². The maximum atomic E-state index is 12.4. The van der Waals surface area contributed by atoms with Crippen LogP contribution >= 0.6 is 0 Å². The topological polar surface area (TPSA) is 57.6 Å². The van der Waals surface area contributed by atoms with Gasteiger partial charge in [0.2, 0.25) is 0 Å². The summed E-state index contributed by atoms with van der Waals surface area (Å²) < 4.78 is 24.7. The molecule has 1 saturated heterocycles. The first-order chi connectivity index (χ1) is 10.3. The fourth-order valence-electron chi connectivity index (χ4n) is 3.15. The Morgan fingerprint density at radius 3 is 2.82 bits per heavy atom. The van der Waals surface area contributed by atoms with E-state index >= 15 is 0 Å². The molecule has 4 nitrogen and oxygen atoms in total. The zero-order chi connectivity index (χ0) is 16.2. The third kappa shape index (κ3) is 4.54. The molecule has 1 atom stereocenters. The lowest BCUT2D eigenvalue weighted by atomic mass is 9.83. The summed E-state index contributed by atoms with van der Waals surface area (Å²) in [5.74, 6) is 0.183. The van der Waals surface area contributed by atoms with Crippen molar-refractivity contribution in [1.29, 1.82) is 0 Å². The molecule has 0 aromatic heterocycles. The average Bonchev–Trinajstić information content (AvgIpc) is 2.47. The quantitative estimate of drug-likeness (QED) is 0.871. The molecule has 0 spiro atoms. The van der Waals surface area contributed by atoms with Gasteiger partial charge in [-0.15, -0.1) is 0 Å². The molecule has 0 saturated carbocycles. The van der Waals surface area contributed by atoms with E-state index in [1.54, 1.807) is 18.2 Å². The van der Waals surface area contributed by atoms with Crippen molar-refractivity contribution in [1.82, 2.24) is 4.90 Å². The number of likely N-dealkylation sites (tertiary alicyclic amines) is 1. The number of piperidine rings is 1. The smallest absolute Gasteiger partial charge is 0.178 e. The van der Waals surface area contributed by atoms with Crippen LogP contribution in [-0.2, 0) is 9.84 Å². The van der Waals surface area contributed by atoms with Crippen molar-refractivity contribution in [2.75, 3.05) is 32.0 Å². The molecular formula is C17H27NO3S. The van der Waals surface area contributed by atoms with E-state index in [0.717, 1.165) is 38.0 Å². The minimum atomic E-state index is -3.19. The summed E-state index contributed by atoms with van der Waals surface area (Å²) in [6, 6.07) is 7.10. The number of hydrogen-bond donors (Lipinski definition) is 1. The predicted octanol–water partition coefficient (Wildman–Crippen LogP) is 2.25. The van der Waals surface area contributed by atoms with Gasteiger partial charge in [-0.1, -0.05) is 19.1 Å². The number of aliphatic hydroxyl groups is 1. The summed E-state index contributed by atoms with van der Waals surface area (Å²) in [6.45, 7) is 6.84. The molecule has 1 aliphatic heterocycles. The molecule has 1 unspecified atom stereocenters. The Kier molecular flexibility index (Phi) is 5.64. The summed E-state index contributed by atoms with van der Waals surface area (Å²) in [6.07, 6.45) is 2.75. The molecule has 1 aromatic carbocycles. The maximum absolute atomic E-state index is 12.4. The Morgan fingerprint density at radius 2 is 2.14 bits per heavy atom. The third-order valence-corrected chi connectivity index (χ3v) is 6.28. The van der Waals surface area contributed by atoms with Crippen LogP contribution < -0.4 is 0 Å². The number of rotatable bonds is 6. The van der Waals surface area contributed by atoms with Gasteiger partial charge in [0.15, 0.2) is 9.84 Å². The molecular weight excluding hydrogens is 298 g/mol. The van der Waals surface area contributed by atoms with Crippen LogP contribution in [0.2, 0.25) is 0 Å². The van der Waals surface area contributed by atoms with Gasteiger partial charge in [0.1, 0.15) is 0 Å². The highest BCUT2D eigenvalue weighted by Gasteiger charge is 2.30. The summed E-state index contributed by atoms with van der Waals surface area (Å²) in [4.78, 5) is 2.71. The monoisotopic (exact) mass is 325 g/mol. The molecule has 22 heavy (non-hydrogen) atoms. The van der Waals surface area contributed by atoms with E-state index in [1.807, 2.05) is 13.0 Å². The molecule has 0 radical (unpaired) electrons. The van der Waals surface area contributed by atoms with Gasteiger partial charge < -0.3 is 10.0 Å². The van der Waals surface area contributed by atoms with Gasteiger partial charge >= 0.3 is 0 Å². The highest BCUT2D eigenvalue weighted by atomic mass is 32.2. The summed E-state index contributed by atoms with van der Waals surface area (Å²) >= 11 is 0. The van der Waals surface area contributed by atoms with Crippen molar-refractivity contribution in [2.45, 2.75) is 38.0 Å². The summed E-state index contributed by atoms with van der Waals surface area (Å²) in [7, 11) is -3.19. The summed E-state index contributed by atoms with van der Waals surface area (Å²) in [5, 5.41) is 9.47. The van der Waals surface area contributed by atoms with Gasteiger partial charge in [-0.2, -0.15) is 0 Å². The molecule has 1 aromatic rings. The molecule has 2 rings (SSSR count). The van der Waals surface area contributed by atoms with Gasteiger partial charge in [0.25, 0.3) is 0 Å². The Morgan fingerprint density at radius 1 is 1.36 bits per heavy atom. The molecule has 1 heterocycles. The fourth-order valence-corrected chi connectivity index (χ4v) is 4.55. The lowest BCUT2D eigenvalue weighted by Gasteiger charge is -2.39. The molecule has 0 amide bonds. The Hall–Kier alpha value is -0.910. The van der Waals surface area contributed by atoms with Gasteiger partial charge in [0, 0.05) is 18.6 Å². The van der Waals surface area contributed by atoms with Gasteiger partial charge in [0.05, 0.1) is 10.6 Å². The van der Waals surface area contributed by atoms with Crippen LogP contribution in [0.1, 0.15) is 31.7 Å². The van der Waals surface area contributed by atoms with Crippen LogP contribution in [0.4, 0.5) is 0 Å². The third-order valence-electron chi connectivity index (χ3n) is 4.48. The van der Waals surface area contributed by atoms with Gasteiger partial charge in [-0.25, -0.2) is 8.42 Å². The van der Waals surface area contributed by atoms with Crippen LogP contribution in [0, 0.1) is 12.3 Å². The number of hydrogen-bond acceptors (Lipinski definition) is 4. The Balaban J connectivity index is 1.88. The first-order valence-corrected chi connectivity index (χ1v) is 9.63. The highest BCUT2D eigenvalue weighted by Crippen LogP contribution is 2.28. The van der Waals surface area contributed by atoms with Gasteiger partial charge in [-0.05, 0) is 57.0 Å². The summed E-state index contributed by atoms with van der Waals surface area (Å²) in [5.41, 5.74) is 0.934. The van der Waals surface area contributed by atoms with Crippen LogP contribution in [-0.4, -0.2) is 50.4 Å². The number of aryl methyl sites for hydroxylation is 1. The second-order valence-electron chi connectivity index (χ2n) is 6.84. The van der Waals surface area contributed by atoms with E-state index in [2.05, 4.69) is 11.8 Å². The first kappa shape index (κ1) is 17.4. The van der Waals surface area contributed by atoms with Crippen LogP contribution in [0.25, 0.3) is 0 Å². The number of sulfone groups is 1. The zero-order valence-corrected chi connectivity index (χ0v) is 14.4. The van der Waals surface area contributed by atoms with E-state index < -0.39 is 9.84 Å². The molecule has 1 fully saturated rings. The van der Waals surface area contributed by atoms with E-state index in [0.29, 0.717) is 11.3 Å². The van der Waals surface area contributed by atoms with E-state index in [-0.39, 0.29) is 17.8 Å². The fraction of sp³-hybridized carbons (Fsp3) is 0.647. The predicted molar refractivity (Wildman–Crippen MR) is 88.7 cm³/mol. The van der Waals surface area contributed by atoms with E-state index in [9.17, 15) is 13.5 Å². The molecule has 1 aliphatic rings. The van der Waals surface area contributed by atoms with Crippen LogP contribution in [0.5, 0.6) is 0 Å². The molecule has 5 heteroatoms. The Labute approximate surface area is 134 Å². The maximum Gasteiger partial charge on any atom is 0.178 e. The molecule has 0 bridgehead atoms. The largest absolute Gasteiger partial charge is 0.396 e. The number of aliphatic hydroxyl groups excluding tert-OH is 1. The van der Waals surface area contributed by atoms with Crippen molar-refractivity contribution < 1.29 is 13.5 Å². The van der Waals surface area contributed by atoms with Crippen molar-refractivity contribution in [2.24, 2.45) is 5.41 Å². The molecule has 1 N–H and O–H groups in total. The lowest BCUT2D eigenvalue weighted by molar-refractivity contribution is 0.0468.